The van der Waals surface area contributed by atoms with Gasteiger partial charge < -0.3 is 10.2 Å². The van der Waals surface area contributed by atoms with Gasteiger partial charge in [-0.15, -0.1) is 0 Å². The van der Waals surface area contributed by atoms with E-state index in [1.165, 1.54) is 11.1 Å². The fourth-order valence-electron chi connectivity index (χ4n) is 2.31. The predicted octanol–water partition coefficient (Wildman–Crippen LogP) is 2.66. The van der Waals surface area contributed by atoms with Gasteiger partial charge >= 0.3 is 0 Å². The maximum atomic E-state index is 4.74. The van der Waals surface area contributed by atoms with Gasteiger partial charge in [-0.1, -0.05) is 24.6 Å². The molecule has 1 N–H and O–H groups in total. The van der Waals surface area contributed by atoms with Gasteiger partial charge in [0.05, 0.1) is 0 Å². The highest BCUT2D eigenvalue weighted by Crippen LogP contribution is 2.19. The first-order chi connectivity index (χ1) is 8.70. The van der Waals surface area contributed by atoms with Crippen LogP contribution >= 0.6 is 0 Å². The van der Waals surface area contributed by atoms with Crippen molar-refractivity contribution in [2.75, 3.05) is 24.5 Å². The van der Waals surface area contributed by atoms with Crippen LogP contribution in [0.4, 0.5) is 5.82 Å². The summed E-state index contributed by atoms with van der Waals surface area (Å²) in [6.45, 7) is 10.4. The fourth-order valence-corrected chi connectivity index (χ4v) is 2.31. The molecule has 98 valence electrons. The van der Waals surface area contributed by atoms with Crippen LogP contribution in [-0.4, -0.2) is 24.6 Å². The largest absolute Gasteiger partial charge is 0.352 e. The fraction of sp³-hybridized carbons (Fsp3) is 0.533. The smallest absolute Gasteiger partial charge is 0.129 e. The Kier molecular flexibility index (Phi) is 4.37. The number of pyridine rings is 1. The second-order valence-corrected chi connectivity index (χ2v) is 4.96. The summed E-state index contributed by atoms with van der Waals surface area (Å²) >= 11 is 0. The van der Waals surface area contributed by atoms with Crippen molar-refractivity contribution in [2.45, 2.75) is 33.7 Å². The normalized spacial score (nSPS) is 15.7. The molecule has 1 aliphatic heterocycles. The standard InChI is InChI=1S/C15H23N3/c1-4-16-10-14-7-8-15(17-13(14)3)18-9-5-6-12(2)11-18/h6-8,16H,4-5,9-11H2,1-3H3. The van der Waals surface area contributed by atoms with Crippen LogP contribution in [0.25, 0.3) is 0 Å². The number of aromatic nitrogens is 1. The number of anilines is 1. The van der Waals surface area contributed by atoms with Gasteiger partial charge in [-0.05, 0) is 38.4 Å². The summed E-state index contributed by atoms with van der Waals surface area (Å²) in [6, 6.07) is 4.35. The van der Waals surface area contributed by atoms with Gasteiger partial charge in [0.2, 0.25) is 0 Å². The zero-order valence-electron chi connectivity index (χ0n) is 11.7. The van der Waals surface area contributed by atoms with Crippen molar-refractivity contribution < 1.29 is 0 Å². The highest BCUT2D eigenvalue weighted by atomic mass is 15.2. The van der Waals surface area contributed by atoms with Crippen LogP contribution in [0.15, 0.2) is 23.8 Å². The first-order valence-corrected chi connectivity index (χ1v) is 6.78. The minimum Gasteiger partial charge on any atom is -0.352 e. The number of aryl methyl sites for hydroxylation is 1. The Hall–Kier alpha value is -1.35. The molecule has 3 nitrogen and oxygen atoms in total. The molecule has 1 aliphatic rings. The SMILES string of the molecule is CCNCc1ccc(N2CCC=C(C)C2)nc1C. The Bertz CT molecular complexity index is 437. The third kappa shape index (κ3) is 3.10. The first kappa shape index (κ1) is 13.1. The summed E-state index contributed by atoms with van der Waals surface area (Å²) in [5, 5.41) is 3.35. The summed E-state index contributed by atoms with van der Waals surface area (Å²) in [5.41, 5.74) is 3.88. The monoisotopic (exact) mass is 245 g/mol. The van der Waals surface area contributed by atoms with E-state index >= 15 is 0 Å². The van der Waals surface area contributed by atoms with Gasteiger partial charge in [-0.25, -0.2) is 4.98 Å². The van der Waals surface area contributed by atoms with Crippen LogP contribution in [0.1, 0.15) is 31.5 Å². The number of rotatable bonds is 4. The summed E-state index contributed by atoms with van der Waals surface area (Å²) in [7, 11) is 0. The minimum atomic E-state index is 0.911. The Balaban J connectivity index is 2.11. The molecule has 0 radical (unpaired) electrons. The van der Waals surface area contributed by atoms with Crippen molar-refractivity contribution in [1.82, 2.24) is 10.3 Å². The zero-order chi connectivity index (χ0) is 13.0. The third-order valence-electron chi connectivity index (χ3n) is 3.40. The van der Waals surface area contributed by atoms with Crippen molar-refractivity contribution in [3.63, 3.8) is 0 Å². The number of hydrogen-bond acceptors (Lipinski definition) is 3. The molecule has 0 fully saturated rings. The molecule has 18 heavy (non-hydrogen) atoms. The molecule has 3 heteroatoms. The van der Waals surface area contributed by atoms with Crippen molar-refractivity contribution in [3.05, 3.63) is 35.0 Å². The lowest BCUT2D eigenvalue weighted by Gasteiger charge is -2.27. The molecule has 2 heterocycles. The highest BCUT2D eigenvalue weighted by molar-refractivity contribution is 5.44. The summed E-state index contributed by atoms with van der Waals surface area (Å²) in [6.07, 6.45) is 3.45. The molecule has 0 saturated carbocycles. The molecule has 0 aromatic carbocycles. The summed E-state index contributed by atoms with van der Waals surface area (Å²) in [4.78, 5) is 7.10. The van der Waals surface area contributed by atoms with Crippen LogP contribution in [0.3, 0.4) is 0 Å². The third-order valence-corrected chi connectivity index (χ3v) is 3.40. The molecule has 0 atom stereocenters. The van der Waals surface area contributed by atoms with Gasteiger partial charge in [0.15, 0.2) is 0 Å². The first-order valence-electron chi connectivity index (χ1n) is 6.78. The second-order valence-electron chi connectivity index (χ2n) is 4.96. The zero-order valence-corrected chi connectivity index (χ0v) is 11.7. The Morgan fingerprint density at radius 2 is 2.17 bits per heavy atom. The van der Waals surface area contributed by atoms with E-state index in [-0.39, 0.29) is 0 Å². The van der Waals surface area contributed by atoms with E-state index in [0.29, 0.717) is 0 Å². The predicted molar refractivity (Wildman–Crippen MR) is 76.9 cm³/mol. The van der Waals surface area contributed by atoms with E-state index in [1.54, 1.807) is 0 Å². The molecular formula is C15H23N3. The molecule has 0 bridgehead atoms. The maximum absolute atomic E-state index is 4.74. The van der Waals surface area contributed by atoms with Crippen LogP contribution in [0.2, 0.25) is 0 Å². The van der Waals surface area contributed by atoms with Crippen LogP contribution in [-0.2, 0) is 6.54 Å². The van der Waals surface area contributed by atoms with E-state index in [4.69, 9.17) is 4.98 Å². The number of hydrogen-bond donors (Lipinski definition) is 1. The highest BCUT2D eigenvalue weighted by Gasteiger charge is 2.12. The molecule has 0 unspecified atom stereocenters. The van der Waals surface area contributed by atoms with E-state index in [0.717, 1.165) is 44.1 Å². The Morgan fingerprint density at radius 3 is 2.83 bits per heavy atom. The average Bonchev–Trinajstić information content (AvgIpc) is 2.37. The Morgan fingerprint density at radius 1 is 1.33 bits per heavy atom. The minimum absolute atomic E-state index is 0.911. The van der Waals surface area contributed by atoms with E-state index in [1.807, 2.05) is 0 Å². The molecule has 2 rings (SSSR count). The quantitative estimate of drug-likeness (QED) is 0.827. The van der Waals surface area contributed by atoms with Crippen LogP contribution in [0, 0.1) is 6.92 Å². The van der Waals surface area contributed by atoms with Gasteiger partial charge in [0.25, 0.3) is 0 Å². The van der Waals surface area contributed by atoms with E-state index in [2.05, 4.69) is 49.2 Å². The van der Waals surface area contributed by atoms with E-state index in [9.17, 15) is 0 Å². The second kappa shape index (κ2) is 6.01. The van der Waals surface area contributed by atoms with Gasteiger partial charge in [0.1, 0.15) is 5.82 Å². The van der Waals surface area contributed by atoms with Gasteiger partial charge in [0, 0.05) is 25.3 Å². The lowest BCUT2D eigenvalue weighted by molar-refractivity contribution is 0.717. The van der Waals surface area contributed by atoms with Crippen LogP contribution < -0.4 is 10.2 Å². The van der Waals surface area contributed by atoms with Crippen LogP contribution in [0.5, 0.6) is 0 Å². The lowest BCUT2D eigenvalue weighted by atomic mass is 10.1. The Labute approximate surface area is 110 Å². The topological polar surface area (TPSA) is 28.2 Å². The summed E-state index contributed by atoms with van der Waals surface area (Å²) in [5.74, 6) is 1.11. The van der Waals surface area contributed by atoms with E-state index < -0.39 is 0 Å². The number of nitrogens with one attached hydrogen (secondary N) is 1. The van der Waals surface area contributed by atoms with Crippen molar-refractivity contribution in [2.24, 2.45) is 0 Å². The molecule has 1 aromatic heterocycles. The van der Waals surface area contributed by atoms with Crippen molar-refractivity contribution in [1.29, 1.82) is 0 Å². The molecule has 1 aromatic rings. The van der Waals surface area contributed by atoms with Crippen molar-refractivity contribution in [3.8, 4) is 0 Å². The van der Waals surface area contributed by atoms with Gasteiger partial charge in [-0.2, -0.15) is 0 Å². The summed E-state index contributed by atoms with van der Waals surface area (Å²) < 4.78 is 0. The lowest BCUT2D eigenvalue weighted by Crippen LogP contribution is -2.30. The molecule has 0 aliphatic carbocycles. The number of nitrogens with zero attached hydrogens (tertiary/aromatic N) is 2. The molecular weight excluding hydrogens is 222 g/mol. The average molecular weight is 245 g/mol. The molecule has 0 saturated heterocycles. The van der Waals surface area contributed by atoms with Gasteiger partial charge in [-0.3, -0.25) is 0 Å². The molecule has 0 amide bonds. The molecule has 0 spiro atoms. The maximum Gasteiger partial charge on any atom is 0.129 e. The van der Waals surface area contributed by atoms with Crippen molar-refractivity contribution >= 4 is 5.82 Å².